The molecule has 0 unspecified atom stereocenters. The number of benzene rings is 3. The maximum absolute atomic E-state index is 10.4. The largest absolute Gasteiger partial charge is 0.491 e. The van der Waals surface area contributed by atoms with E-state index in [2.05, 4.69) is 21.9 Å². The number of aryl methyl sites for hydroxylation is 1. The molecule has 0 aromatic heterocycles. The van der Waals surface area contributed by atoms with Crippen molar-refractivity contribution in [2.75, 3.05) is 44.2 Å². The third-order valence-electron chi connectivity index (χ3n) is 5.56. The first-order valence-electron chi connectivity index (χ1n) is 10.9. The van der Waals surface area contributed by atoms with E-state index in [-0.39, 0.29) is 0 Å². The Kier molecular flexibility index (Phi) is 7.53. The average Bonchev–Trinajstić information content (AvgIpc) is 2.81. The van der Waals surface area contributed by atoms with Crippen molar-refractivity contribution in [3.05, 3.63) is 83.4 Å². The molecule has 32 heavy (non-hydrogen) atoms. The van der Waals surface area contributed by atoms with Gasteiger partial charge >= 0.3 is 0 Å². The number of aliphatic hydroxyl groups excluding tert-OH is 1. The highest BCUT2D eigenvalue weighted by Gasteiger charge is 2.20. The maximum Gasteiger partial charge on any atom is 0.127 e. The van der Waals surface area contributed by atoms with Crippen molar-refractivity contribution in [2.24, 2.45) is 0 Å². The lowest BCUT2D eigenvalue weighted by Crippen LogP contribution is -2.49. The van der Waals surface area contributed by atoms with Crippen LogP contribution >= 0.6 is 11.6 Å². The number of aliphatic hydroxyl groups is 1. The van der Waals surface area contributed by atoms with E-state index in [0.717, 1.165) is 43.4 Å². The molecule has 0 spiro atoms. The molecule has 0 aliphatic carbocycles. The molecule has 1 aliphatic rings. The highest BCUT2D eigenvalue weighted by atomic mass is 35.5. The Morgan fingerprint density at radius 2 is 1.38 bits per heavy atom. The summed E-state index contributed by atoms with van der Waals surface area (Å²) in [7, 11) is 0. The summed E-state index contributed by atoms with van der Waals surface area (Å²) in [5, 5.41) is 11.1. The molecule has 0 bridgehead atoms. The van der Waals surface area contributed by atoms with Crippen LogP contribution in [0.15, 0.2) is 72.8 Å². The minimum absolute atomic E-state index is 0.304. The zero-order valence-electron chi connectivity index (χ0n) is 18.3. The first kappa shape index (κ1) is 22.5. The van der Waals surface area contributed by atoms with Crippen molar-refractivity contribution >= 4 is 17.3 Å². The number of β-amino-alcohol motifs (C(OH)–C–C–N with tert-alkyl or cyclic N) is 1. The number of nitrogens with zero attached hydrogens (tertiary/aromatic N) is 2. The molecule has 5 nitrogen and oxygen atoms in total. The summed E-state index contributed by atoms with van der Waals surface area (Å²) in [5.41, 5.74) is 2.37. The van der Waals surface area contributed by atoms with Gasteiger partial charge in [0, 0.05) is 43.4 Å². The predicted octanol–water partition coefficient (Wildman–Crippen LogP) is 5.00. The van der Waals surface area contributed by atoms with Gasteiger partial charge in [-0.05, 0) is 67.6 Å². The zero-order valence-corrected chi connectivity index (χ0v) is 19.0. The maximum atomic E-state index is 10.4. The summed E-state index contributed by atoms with van der Waals surface area (Å²) in [4.78, 5) is 4.65. The van der Waals surface area contributed by atoms with Gasteiger partial charge in [-0.1, -0.05) is 29.3 Å². The molecule has 6 heteroatoms. The lowest BCUT2D eigenvalue weighted by molar-refractivity contribution is 0.0663. The van der Waals surface area contributed by atoms with E-state index in [4.69, 9.17) is 21.1 Å². The van der Waals surface area contributed by atoms with Gasteiger partial charge in [0.05, 0.1) is 0 Å². The minimum Gasteiger partial charge on any atom is -0.491 e. The van der Waals surface area contributed by atoms with Crippen LogP contribution in [-0.2, 0) is 0 Å². The van der Waals surface area contributed by atoms with Crippen molar-refractivity contribution in [3.8, 4) is 17.2 Å². The SMILES string of the molecule is Cc1ccc(OC[C@@H](O)CN2CCN(c3ccc(Oc4ccc(Cl)cc4)cc3)CC2)cc1. The van der Waals surface area contributed by atoms with E-state index in [1.807, 2.05) is 67.6 Å². The number of piperazine rings is 1. The van der Waals surface area contributed by atoms with Gasteiger partial charge in [-0.3, -0.25) is 4.90 Å². The van der Waals surface area contributed by atoms with Crippen molar-refractivity contribution in [2.45, 2.75) is 13.0 Å². The summed E-state index contributed by atoms with van der Waals surface area (Å²) in [6.07, 6.45) is -0.507. The molecule has 0 saturated carbocycles. The molecule has 1 N–H and O–H groups in total. The van der Waals surface area contributed by atoms with Crippen molar-refractivity contribution in [3.63, 3.8) is 0 Å². The summed E-state index contributed by atoms with van der Waals surface area (Å²) < 4.78 is 11.6. The average molecular weight is 453 g/mol. The molecule has 168 valence electrons. The summed E-state index contributed by atoms with van der Waals surface area (Å²) >= 11 is 5.92. The van der Waals surface area contributed by atoms with Gasteiger partial charge in [0.1, 0.15) is 30.0 Å². The van der Waals surface area contributed by atoms with Crippen molar-refractivity contribution < 1.29 is 14.6 Å². The molecule has 4 rings (SSSR count). The van der Waals surface area contributed by atoms with E-state index < -0.39 is 6.10 Å². The van der Waals surface area contributed by atoms with Crippen molar-refractivity contribution in [1.29, 1.82) is 0 Å². The Labute approximate surface area is 194 Å². The Morgan fingerprint density at radius 1 is 0.812 bits per heavy atom. The van der Waals surface area contributed by atoms with Crippen LogP contribution in [0.1, 0.15) is 5.56 Å². The third kappa shape index (κ3) is 6.39. The minimum atomic E-state index is -0.507. The van der Waals surface area contributed by atoms with E-state index in [9.17, 15) is 5.11 Å². The molecular weight excluding hydrogens is 424 g/mol. The molecule has 1 saturated heterocycles. The van der Waals surface area contributed by atoms with Crippen LogP contribution in [0.4, 0.5) is 5.69 Å². The second-order valence-corrected chi connectivity index (χ2v) is 8.55. The molecule has 0 radical (unpaired) electrons. The quantitative estimate of drug-likeness (QED) is 0.521. The van der Waals surface area contributed by atoms with Gasteiger partial charge < -0.3 is 19.5 Å². The number of hydrogen-bond donors (Lipinski definition) is 1. The fraction of sp³-hybridized carbons (Fsp3) is 0.308. The van der Waals surface area contributed by atoms with Crippen LogP contribution < -0.4 is 14.4 Å². The topological polar surface area (TPSA) is 45.2 Å². The number of rotatable bonds is 8. The molecule has 1 heterocycles. The number of halogens is 1. The van der Waals surface area contributed by atoms with E-state index in [1.54, 1.807) is 0 Å². The Balaban J connectivity index is 1.21. The molecular formula is C26H29ClN2O3. The van der Waals surface area contributed by atoms with E-state index in [0.29, 0.717) is 18.2 Å². The standard InChI is InChI=1S/C26H29ClN2O3/c1-20-2-8-24(9-3-20)31-19-23(30)18-28-14-16-29(17-15-28)22-6-12-26(13-7-22)32-25-10-4-21(27)5-11-25/h2-13,23,30H,14-19H2,1H3/t23-/m0/s1. The van der Waals surface area contributed by atoms with Gasteiger partial charge in [-0.2, -0.15) is 0 Å². The Morgan fingerprint density at radius 3 is 2.00 bits per heavy atom. The molecule has 1 aliphatic heterocycles. The smallest absolute Gasteiger partial charge is 0.127 e. The summed E-state index contributed by atoms with van der Waals surface area (Å²) in [5.74, 6) is 2.36. The van der Waals surface area contributed by atoms with E-state index in [1.165, 1.54) is 11.3 Å². The van der Waals surface area contributed by atoms with Crippen LogP contribution in [0.25, 0.3) is 0 Å². The summed E-state index contributed by atoms with van der Waals surface area (Å²) in [6, 6.07) is 23.4. The number of hydrogen-bond acceptors (Lipinski definition) is 5. The first-order valence-corrected chi connectivity index (χ1v) is 11.3. The predicted molar refractivity (Wildman–Crippen MR) is 129 cm³/mol. The van der Waals surface area contributed by atoms with Crippen LogP contribution in [0.5, 0.6) is 17.2 Å². The van der Waals surface area contributed by atoms with Gasteiger partial charge in [0.25, 0.3) is 0 Å². The number of ether oxygens (including phenoxy) is 2. The zero-order chi connectivity index (χ0) is 22.3. The molecule has 3 aromatic carbocycles. The van der Waals surface area contributed by atoms with Gasteiger partial charge in [0.2, 0.25) is 0 Å². The van der Waals surface area contributed by atoms with E-state index >= 15 is 0 Å². The highest BCUT2D eigenvalue weighted by molar-refractivity contribution is 6.30. The van der Waals surface area contributed by atoms with Gasteiger partial charge in [0.15, 0.2) is 0 Å². The lowest BCUT2D eigenvalue weighted by Gasteiger charge is -2.36. The summed E-state index contributed by atoms with van der Waals surface area (Å²) in [6.45, 7) is 6.62. The normalized spacial score (nSPS) is 15.4. The lowest BCUT2D eigenvalue weighted by atomic mass is 10.2. The number of anilines is 1. The second kappa shape index (κ2) is 10.7. The first-order chi connectivity index (χ1) is 15.5. The fourth-order valence-corrected chi connectivity index (χ4v) is 3.86. The van der Waals surface area contributed by atoms with Crippen LogP contribution in [0.3, 0.4) is 0 Å². The monoisotopic (exact) mass is 452 g/mol. The molecule has 0 amide bonds. The molecule has 3 aromatic rings. The van der Waals surface area contributed by atoms with Crippen LogP contribution in [-0.4, -0.2) is 55.4 Å². The Hall–Kier alpha value is -2.73. The molecule has 1 fully saturated rings. The molecule has 1 atom stereocenters. The Bertz CT molecular complexity index is 969. The fourth-order valence-electron chi connectivity index (χ4n) is 3.73. The highest BCUT2D eigenvalue weighted by Crippen LogP contribution is 2.26. The third-order valence-corrected chi connectivity index (χ3v) is 5.81. The van der Waals surface area contributed by atoms with Crippen LogP contribution in [0, 0.1) is 6.92 Å². The van der Waals surface area contributed by atoms with Crippen LogP contribution in [0.2, 0.25) is 5.02 Å². The second-order valence-electron chi connectivity index (χ2n) is 8.12. The van der Waals surface area contributed by atoms with Gasteiger partial charge in [-0.25, -0.2) is 0 Å². The van der Waals surface area contributed by atoms with Crippen molar-refractivity contribution in [1.82, 2.24) is 4.90 Å². The van der Waals surface area contributed by atoms with Gasteiger partial charge in [-0.15, -0.1) is 0 Å².